The molecule has 2 aromatic heterocycles. The van der Waals surface area contributed by atoms with Crippen LogP contribution in [0.25, 0.3) is 44.3 Å². The van der Waals surface area contributed by atoms with Crippen LogP contribution in [-0.2, 0) is 33.8 Å². The number of carbonyl (C=O) groups excluding carboxylic acids is 2. The Labute approximate surface area is 320 Å². The molecule has 0 saturated carbocycles. The fourth-order valence-corrected chi connectivity index (χ4v) is 9.08. The minimum Gasteiger partial charge on any atom is -0.369 e. The Morgan fingerprint density at radius 3 is 1.38 bits per heavy atom. The van der Waals surface area contributed by atoms with E-state index in [9.17, 15) is 18.4 Å². The smallest absolute Gasteiger partial charge is 0.189 e. The predicted octanol–water partition coefficient (Wildman–Crippen LogP) is 8.85. The normalized spacial score (nSPS) is 22.0. The van der Waals surface area contributed by atoms with Crippen molar-refractivity contribution >= 4 is 33.4 Å². The highest BCUT2D eigenvalue weighted by atomic mass is 19.1. The van der Waals surface area contributed by atoms with E-state index in [4.69, 9.17) is 9.47 Å². The molecule has 6 heterocycles. The number of aromatic nitrogens is 2. The molecule has 8 nitrogen and oxygen atoms in total. The zero-order valence-electron chi connectivity index (χ0n) is 31.0. The molecular formula is C44H40F4N4O4. The van der Waals surface area contributed by atoms with Gasteiger partial charge in [-0.3, -0.25) is 9.59 Å². The molecule has 0 spiro atoms. The van der Waals surface area contributed by atoms with Gasteiger partial charge in [-0.2, -0.15) is 0 Å². The lowest BCUT2D eigenvalue weighted by Gasteiger charge is -2.25. The minimum atomic E-state index is -0.487. The van der Waals surface area contributed by atoms with Crippen molar-refractivity contribution in [2.75, 3.05) is 26.3 Å². The van der Waals surface area contributed by atoms with Crippen molar-refractivity contribution in [2.24, 2.45) is 0 Å². The van der Waals surface area contributed by atoms with Gasteiger partial charge >= 0.3 is 0 Å². The summed E-state index contributed by atoms with van der Waals surface area (Å²) in [6.07, 6.45) is 3.81. The van der Waals surface area contributed by atoms with E-state index in [1.165, 1.54) is 36.4 Å². The zero-order valence-corrected chi connectivity index (χ0v) is 31.0. The van der Waals surface area contributed by atoms with Gasteiger partial charge in [-0.25, -0.2) is 17.6 Å². The molecular weight excluding hydrogens is 724 g/mol. The Balaban J connectivity index is 0.000000146. The third-order valence-corrected chi connectivity index (χ3v) is 11.9. The molecule has 2 fully saturated rings. The van der Waals surface area contributed by atoms with E-state index in [0.717, 1.165) is 49.9 Å². The van der Waals surface area contributed by atoms with Gasteiger partial charge in [0.25, 0.3) is 0 Å². The second-order valence-corrected chi connectivity index (χ2v) is 15.7. The number of hydrogen-bond donors (Lipinski definition) is 4. The highest BCUT2D eigenvalue weighted by Gasteiger charge is 2.34. The van der Waals surface area contributed by atoms with Crippen molar-refractivity contribution in [3.63, 3.8) is 0 Å². The molecule has 6 aromatic rings. The van der Waals surface area contributed by atoms with Crippen LogP contribution in [0.1, 0.15) is 82.5 Å². The predicted molar refractivity (Wildman–Crippen MR) is 204 cm³/mol. The van der Waals surface area contributed by atoms with Crippen molar-refractivity contribution < 1.29 is 36.6 Å². The van der Waals surface area contributed by atoms with Gasteiger partial charge in [0.15, 0.2) is 11.6 Å². The summed E-state index contributed by atoms with van der Waals surface area (Å²) >= 11 is 0. The van der Waals surface area contributed by atoms with E-state index in [1.807, 2.05) is 38.1 Å². The molecule has 0 amide bonds. The van der Waals surface area contributed by atoms with Gasteiger partial charge in [-0.1, -0.05) is 24.3 Å². The Morgan fingerprint density at radius 1 is 0.571 bits per heavy atom. The SMILES string of the molecule is C[C@@]1(c2ccc(-c3[nH]c4cc(F)cc5c4c3COCC5=O)cc2F)CCCN1.C[C@]1(c2ccc(-c3[nH]c4cc(F)cc5c4c3COCC5=O)cc2F)CCCN1. The second-order valence-electron chi connectivity index (χ2n) is 15.7. The average Bonchev–Trinajstić information content (AvgIpc) is 3.93. The molecule has 0 bridgehead atoms. The quantitative estimate of drug-likeness (QED) is 0.134. The Hall–Kier alpha value is -5.14. The van der Waals surface area contributed by atoms with Crippen LogP contribution in [0.3, 0.4) is 0 Å². The van der Waals surface area contributed by atoms with Gasteiger partial charge < -0.3 is 30.1 Å². The molecule has 12 heteroatoms. The maximum absolute atomic E-state index is 15.0. The zero-order chi connectivity index (χ0) is 38.9. The number of benzene rings is 4. The summed E-state index contributed by atoms with van der Waals surface area (Å²) in [6, 6.07) is 15.6. The van der Waals surface area contributed by atoms with Crippen LogP contribution in [0.2, 0.25) is 0 Å². The van der Waals surface area contributed by atoms with E-state index in [1.54, 1.807) is 0 Å². The minimum absolute atomic E-state index is 0.0933. The molecule has 10 rings (SSSR count). The van der Waals surface area contributed by atoms with Crippen molar-refractivity contribution in [2.45, 2.75) is 63.8 Å². The fraction of sp³-hybridized carbons (Fsp3) is 0.318. The number of H-pyrrole nitrogens is 2. The first-order chi connectivity index (χ1) is 26.9. The molecule has 2 saturated heterocycles. The molecule has 4 aliphatic rings. The largest absolute Gasteiger partial charge is 0.369 e. The number of rotatable bonds is 4. The van der Waals surface area contributed by atoms with E-state index in [-0.39, 0.29) is 60.7 Å². The first-order valence-corrected chi connectivity index (χ1v) is 18.9. The summed E-state index contributed by atoms with van der Waals surface area (Å²) < 4.78 is 69.1. The lowest BCUT2D eigenvalue weighted by atomic mass is 9.89. The van der Waals surface area contributed by atoms with E-state index >= 15 is 8.78 Å². The Morgan fingerprint density at radius 2 is 1.00 bits per heavy atom. The number of nitrogens with one attached hydrogen (secondary N) is 4. The summed E-state index contributed by atoms with van der Waals surface area (Å²) in [5.74, 6) is -2.04. The van der Waals surface area contributed by atoms with Gasteiger partial charge in [0.1, 0.15) is 36.5 Å². The second kappa shape index (κ2) is 13.8. The first kappa shape index (κ1) is 36.5. The Kier molecular flexibility index (Phi) is 9.00. The monoisotopic (exact) mass is 764 g/mol. The summed E-state index contributed by atoms with van der Waals surface area (Å²) in [6.45, 7) is 6.03. The van der Waals surface area contributed by atoms with Gasteiger partial charge in [0.05, 0.1) is 24.6 Å². The summed E-state index contributed by atoms with van der Waals surface area (Å²) in [4.78, 5) is 30.9. The molecule has 0 aliphatic carbocycles. The fourth-order valence-electron chi connectivity index (χ4n) is 9.08. The Bertz CT molecular complexity index is 2400. The molecule has 0 radical (unpaired) electrons. The summed E-state index contributed by atoms with van der Waals surface area (Å²) in [7, 11) is 0. The number of carbonyl (C=O) groups is 2. The lowest BCUT2D eigenvalue weighted by Crippen LogP contribution is -2.34. The molecule has 2 atom stereocenters. The third-order valence-electron chi connectivity index (χ3n) is 11.9. The van der Waals surface area contributed by atoms with Crippen LogP contribution in [-0.4, -0.2) is 47.8 Å². The molecule has 56 heavy (non-hydrogen) atoms. The van der Waals surface area contributed by atoms with Crippen LogP contribution in [0.15, 0.2) is 60.7 Å². The highest BCUT2D eigenvalue weighted by Crippen LogP contribution is 2.40. The van der Waals surface area contributed by atoms with Gasteiger partial charge in [0, 0.05) is 77.4 Å². The average molecular weight is 765 g/mol. The number of halogens is 4. The van der Waals surface area contributed by atoms with Crippen molar-refractivity contribution in [1.82, 2.24) is 20.6 Å². The molecule has 4 aromatic carbocycles. The van der Waals surface area contributed by atoms with Crippen LogP contribution in [0.5, 0.6) is 0 Å². The lowest BCUT2D eigenvalue weighted by molar-refractivity contribution is 0.0738. The van der Waals surface area contributed by atoms with Crippen molar-refractivity contribution in [3.05, 3.63) is 117 Å². The van der Waals surface area contributed by atoms with Gasteiger partial charge in [-0.15, -0.1) is 0 Å². The third kappa shape index (κ3) is 6.15. The van der Waals surface area contributed by atoms with Crippen LogP contribution < -0.4 is 10.6 Å². The maximum Gasteiger partial charge on any atom is 0.189 e. The van der Waals surface area contributed by atoms with Crippen molar-refractivity contribution in [1.29, 1.82) is 0 Å². The van der Waals surface area contributed by atoms with Crippen LogP contribution in [0, 0.1) is 23.3 Å². The molecule has 288 valence electrons. The highest BCUT2D eigenvalue weighted by molar-refractivity contribution is 6.12. The van der Waals surface area contributed by atoms with Gasteiger partial charge in [0.2, 0.25) is 0 Å². The number of hydrogen-bond acceptors (Lipinski definition) is 6. The number of ether oxygens (including phenoxy) is 2. The molecule has 0 unspecified atom stereocenters. The van der Waals surface area contributed by atoms with Crippen LogP contribution in [0.4, 0.5) is 17.6 Å². The maximum atomic E-state index is 15.0. The first-order valence-electron chi connectivity index (χ1n) is 18.9. The standard InChI is InChI=1S/2C22H20F2N2O2/c2*1-22(5-2-6-25-22)16-4-3-12(7-17(16)24)21-15-10-28-11-19(27)14-8-13(23)9-18(26-21)20(14)15/h2*3-4,7-9,25-26H,2,5-6,10-11H2,1H3/t2*22-/m10/s1. The van der Waals surface area contributed by atoms with E-state index in [2.05, 4.69) is 20.6 Å². The number of ketones is 2. The van der Waals surface area contributed by atoms with E-state index in [0.29, 0.717) is 66.6 Å². The summed E-state index contributed by atoms with van der Waals surface area (Å²) in [5, 5.41) is 8.08. The van der Waals surface area contributed by atoms with Gasteiger partial charge in [-0.05, 0) is 89.0 Å². The number of Topliss-reactive ketones (excluding diaryl/α,β-unsaturated/α-hetero) is 2. The van der Waals surface area contributed by atoms with Crippen molar-refractivity contribution in [3.8, 4) is 22.5 Å². The van der Waals surface area contributed by atoms with Crippen LogP contribution >= 0.6 is 0 Å². The summed E-state index contributed by atoms with van der Waals surface area (Å²) in [5.41, 5.74) is 6.37. The van der Waals surface area contributed by atoms with E-state index < -0.39 is 11.6 Å². The molecule has 4 aliphatic heterocycles. The number of aromatic amines is 2. The topological polar surface area (TPSA) is 108 Å². The molecule has 4 N–H and O–H groups in total.